The fourth-order valence-electron chi connectivity index (χ4n) is 4.10. The van der Waals surface area contributed by atoms with Crippen molar-refractivity contribution >= 4 is 45.0 Å². The van der Waals surface area contributed by atoms with E-state index in [0.29, 0.717) is 27.8 Å². The predicted molar refractivity (Wildman–Crippen MR) is 129 cm³/mol. The van der Waals surface area contributed by atoms with Crippen molar-refractivity contribution in [3.63, 3.8) is 0 Å². The highest BCUT2D eigenvalue weighted by Gasteiger charge is 2.26. The summed E-state index contributed by atoms with van der Waals surface area (Å²) in [4.78, 5) is 43.9. The van der Waals surface area contributed by atoms with Crippen LogP contribution in [0.3, 0.4) is 0 Å². The van der Waals surface area contributed by atoms with Crippen molar-refractivity contribution in [1.82, 2.24) is 20.6 Å². The zero-order chi connectivity index (χ0) is 24.1. The fourth-order valence-corrected chi connectivity index (χ4v) is 5.24. The number of aliphatic hydroxyl groups is 1. The molecule has 2 atom stereocenters. The normalized spacial score (nSPS) is 17.7. The number of nitrogens with one attached hydrogen (secondary N) is 3. The number of hydrogen-bond acceptors (Lipinski definition) is 7. The Kier molecular flexibility index (Phi) is 7.94. The largest absolute Gasteiger partial charge is 0.387 e. The van der Waals surface area contributed by atoms with E-state index in [2.05, 4.69) is 20.6 Å². The van der Waals surface area contributed by atoms with Crippen LogP contribution in [0.15, 0.2) is 34.4 Å². The zero-order valence-electron chi connectivity index (χ0n) is 18.3. The maximum absolute atomic E-state index is 12.7. The summed E-state index contributed by atoms with van der Waals surface area (Å²) in [7, 11) is 0. The molecule has 4 N–H and O–H groups in total. The van der Waals surface area contributed by atoms with Crippen LogP contribution >= 0.6 is 22.9 Å². The van der Waals surface area contributed by atoms with Gasteiger partial charge in [-0.15, -0.1) is 11.3 Å². The number of hydrogen-bond donors (Lipinski definition) is 4. The summed E-state index contributed by atoms with van der Waals surface area (Å²) >= 11 is 7.25. The number of nitrogens with zero attached hydrogens (tertiary/aromatic N) is 1. The van der Waals surface area contributed by atoms with Gasteiger partial charge < -0.3 is 25.5 Å². The van der Waals surface area contributed by atoms with Crippen LogP contribution in [0.1, 0.15) is 41.0 Å². The van der Waals surface area contributed by atoms with Gasteiger partial charge in [-0.05, 0) is 48.3 Å². The van der Waals surface area contributed by atoms with Crippen LogP contribution in [-0.2, 0) is 22.7 Å². The average Bonchev–Trinajstić information content (AvgIpc) is 3.44. The second-order valence-corrected chi connectivity index (χ2v) is 9.58. The summed E-state index contributed by atoms with van der Waals surface area (Å²) in [6, 6.07) is 7.20. The van der Waals surface area contributed by atoms with Crippen LogP contribution < -0.4 is 16.2 Å². The number of thiophene rings is 1. The molecule has 4 rings (SSSR count). The number of ether oxygens (including phenoxy) is 1. The Morgan fingerprint density at radius 1 is 1.32 bits per heavy atom. The average molecular weight is 505 g/mol. The van der Waals surface area contributed by atoms with Gasteiger partial charge in [-0.1, -0.05) is 23.7 Å². The van der Waals surface area contributed by atoms with Crippen LogP contribution in [0.5, 0.6) is 0 Å². The monoisotopic (exact) mass is 504 g/mol. The first-order valence-electron chi connectivity index (χ1n) is 10.9. The van der Waals surface area contributed by atoms with Crippen LogP contribution in [0, 0.1) is 5.92 Å². The van der Waals surface area contributed by atoms with Gasteiger partial charge in [0, 0.05) is 29.8 Å². The van der Waals surface area contributed by atoms with Crippen molar-refractivity contribution < 1.29 is 19.4 Å². The lowest BCUT2D eigenvalue weighted by molar-refractivity contribution is -0.124. The van der Waals surface area contributed by atoms with Crippen molar-refractivity contribution in [1.29, 1.82) is 0 Å². The van der Waals surface area contributed by atoms with Crippen LogP contribution in [-0.4, -0.2) is 46.1 Å². The number of carbonyl (C=O) groups excluding carboxylic acids is 2. The topological polar surface area (TPSA) is 133 Å². The molecular formula is C23H25ClN4O5S. The second kappa shape index (κ2) is 11.1. The van der Waals surface area contributed by atoms with E-state index >= 15 is 0 Å². The van der Waals surface area contributed by atoms with Gasteiger partial charge in [0.15, 0.2) is 0 Å². The molecule has 34 heavy (non-hydrogen) atoms. The molecule has 1 saturated carbocycles. The lowest BCUT2D eigenvalue weighted by Crippen LogP contribution is -2.35. The minimum Gasteiger partial charge on any atom is -0.387 e. The van der Waals surface area contributed by atoms with Crippen molar-refractivity contribution in [2.45, 2.75) is 38.5 Å². The summed E-state index contributed by atoms with van der Waals surface area (Å²) in [5, 5.41) is 17.2. The molecule has 1 aromatic carbocycles. The molecule has 0 aliphatic heterocycles. The lowest BCUT2D eigenvalue weighted by atomic mass is 10.1. The zero-order valence-corrected chi connectivity index (χ0v) is 19.9. The van der Waals surface area contributed by atoms with E-state index in [9.17, 15) is 14.4 Å². The van der Waals surface area contributed by atoms with Crippen LogP contribution in [0.2, 0.25) is 5.02 Å². The standard InChI is InChI=1S/C23H25ClN4O5S/c24-16-3-1-2-13(6-16)8-25-22(32)20-27-21(31)19-15(12-34-23(19)28-20)11-33-10-14-4-5-17(7-14)26-18(30)9-29/h1-3,6,12,14,17,29H,4-5,7-11H2,(H,25,32)(H,26,30)(H,27,28,31). The first-order valence-corrected chi connectivity index (χ1v) is 12.2. The Morgan fingerprint density at radius 2 is 2.18 bits per heavy atom. The van der Waals surface area contributed by atoms with E-state index in [1.54, 1.807) is 18.2 Å². The van der Waals surface area contributed by atoms with E-state index in [1.165, 1.54) is 11.3 Å². The van der Waals surface area contributed by atoms with Crippen molar-refractivity contribution in [3.8, 4) is 0 Å². The highest BCUT2D eigenvalue weighted by molar-refractivity contribution is 7.16. The van der Waals surface area contributed by atoms with Gasteiger partial charge in [0.25, 0.3) is 11.5 Å². The third-order valence-electron chi connectivity index (χ3n) is 5.74. The SMILES string of the molecule is O=C(CO)NC1CCC(COCc2csc3nc(C(=O)NCc4cccc(Cl)c4)[nH]c(=O)c23)C1. The number of halogens is 1. The summed E-state index contributed by atoms with van der Waals surface area (Å²) < 4.78 is 5.85. The molecule has 1 aliphatic carbocycles. The summed E-state index contributed by atoms with van der Waals surface area (Å²) in [5.74, 6) is -0.578. The summed E-state index contributed by atoms with van der Waals surface area (Å²) in [6.45, 7) is 0.528. The number of aromatic amines is 1. The number of rotatable bonds is 9. The molecule has 1 fully saturated rings. The fraction of sp³-hybridized carbons (Fsp3) is 0.391. The molecular weight excluding hydrogens is 480 g/mol. The van der Waals surface area contributed by atoms with E-state index in [0.717, 1.165) is 30.4 Å². The molecule has 0 radical (unpaired) electrons. The third kappa shape index (κ3) is 6.01. The molecule has 0 spiro atoms. The Balaban J connectivity index is 1.33. The maximum atomic E-state index is 12.7. The third-order valence-corrected chi connectivity index (χ3v) is 6.89. The molecule has 3 aromatic rings. The first-order chi connectivity index (χ1) is 16.4. The number of fused-ring (bicyclic) bond motifs is 1. The van der Waals surface area contributed by atoms with Gasteiger partial charge in [-0.2, -0.15) is 0 Å². The molecule has 180 valence electrons. The van der Waals surface area contributed by atoms with Crippen LogP contribution in [0.25, 0.3) is 10.2 Å². The predicted octanol–water partition coefficient (Wildman–Crippen LogP) is 2.36. The van der Waals surface area contributed by atoms with Gasteiger partial charge in [-0.25, -0.2) is 4.98 Å². The van der Waals surface area contributed by atoms with Gasteiger partial charge in [0.05, 0.1) is 12.0 Å². The van der Waals surface area contributed by atoms with Gasteiger partial charge in [0.1, 0.15) is 11.4 Å². The molecule has 2 heterocycles. The van der Waals surface area contributed by atoms with Crippen molar-refractivity contribution in [2.24, 2.45) is 5.92 Å². The van der Waals surface area contributed by atoms with Gasteiger partial charge in [-0.3, -0.25) is 14.4 Å². The number of amides is 2. The molecule has 11 heteroatoms. The van der Waals surface area contributed by atoms with E-state index in [4.69, 9.17) is 21.4 Å². The molecule has 0 bridgehead atoms. The number of carbonyl (C=O) groups is 2. The minimum absolute atomic E-state index is 0.0456. The number of H-pyrrole nitrogens is 1. The lowest BCUT2D eigenvalue weighted by Gasteiger charge is -2.13. The minimum atomic E-state index is -0.503. The quantitative estimate of drug-likeness (QED) is 0.353. The summed E-state index contributed by atoms with van der Waals surface area (Å²) in [6.07, 6.45) is 2.58. The molecule has 0 saturated heterocycles. The molecule has 1 aliphatic rings. The highest BCUT2D eigenvalue weighted by Crippen LogP contribution is 2.27. The number of aromatic nitrogens is 2. The smallest absolute Gasteiger partial charge is 0.287 e. The Bertz CT molecular complexity index is 1240. The molecule has 2 aromatic heterocycles. The summed E-state index contributed by atoms with van der Waals surface area (Å²) in [5.41, 5.74) is 1.18. The highest BCUT2D eigenvalue weighted by atomic mass is 35.5. The van der Waals surface area contributed by atoms with E-state index in [1.807, 2.05) is 11.4 Å². The van der Waals surface area contributed by atoms with E-state index < -0.39 is 12.5 Å². The van der Waals surface area contributed by atoms with Crippen molar-refractivity contribution in [3.05, 3.63) is 62.0 Å². The first kappa shape index (κ1) is 24.3. The Morgan fingerprint density at radius 3 is 2.97 bits per heavy atom. The number of benzene rings is 1. The number of aliphatic hydroxyl groups excluding tert-OH is 1. The molecule has 9 nitrogen and oxygen atoms in total. The second-order valence-electron chi connectivity index (χ2n) is 8.28. The Labute approximate surface area is 204 Å². The Hall–Kier alpha value is -2.79. The maximum Gasteiger partial charge on any atom is 0.287 e. The van der Waals surface area contributed by atoms with Crippen molar-refractivity contribution in [2.75, 3.05) is 13.2 Å². The molecule has 2 unspecified atom stereocenters. The van der Waals surface area contributed by atoms with Crippen LogP contribution in [0.4, 0.5) is 0 Å². The van der Waals surface area contributed by atoms with E-state index in [-0.39, 0.29) is 36.5 Å². The van der Waals surface area contributed by atoms with Gasteiger partial charge in [0.2, 0.25) is 11.7 Å². The molecule has 2 amide bonds. The van der Waals surface area contributed by atoms with Gasteiger partial charge >= 0.3 is 0 Å².